The van der Waals surface area contributed by atoms with Crippen LogP contribution in [-0.4, -0.2) is 20.4 Å². The summed E-state index contributed by atoms with van der Waals surface area (Å²) in [5.41, 5.74) is 1.98. The Morgan fingerprint density at radius 2 is 2.00 bits per heavy atom. The molecule has 1 aromatic carbocycles. The zero-order chi connectivity index (χ0) is 10.8. The lowest BCUT2D eigenvalue weighted by Crippen LogP contribution is -1.94. The van der Waals surface area contributed by atoms with Gasteiger partial charge in [-0.2, -0.15) is 4.37 Å². The minimum atomic E-state index is -1.04. The van der Waals surface area contributed by atoms with E-state index < -0.39 is 5.97 Å². The molecule has 0 fully saturated rings. The van der Waals surface area contributed by atoms with Crippen molar-refractivity contribution in [1.82, 2.24) is 9.36 Å². The molecule has 0 aliphatic heterocycles. The van der Waals surface area contributed by atoms with Gasteiger partial charge in [0, 0.05) is 5.56 Å². The molecule has 0 atom stereocenters. The Hall–Kier alpha value is -1.75. The molecule has 15 heavy (non-hydrogen) atoms. The topological polar surface area (TPSA) is 63.1 Å². The Kier molecular flexibility index (Phi) is 2.47. The zero-order valence-corrected chi connectivity index (χ0v) is 8.78. The molecule has 2 rings (SSSR count). The molecule has 0 saturated carbocycles. The van der Waals surface area contributed by atoms with Crippen molar-refractivity contribution in [3.05, 3.63) is 34.8 Å². The summed E-state index contributed by atoms with van der Waals surface area (Å²) in [6.45, 7) is 1.99. The van der Waals surface area contributed by atoms with E-state index in [0.29, 0.717) is 5.82 Å². The highest BCUT2D eigenvalue weighted by Gasteiger charge is 2.11. The molecule has 0 unspecified atom stereocenters. The van der Waals surface area contributed by atoms with Gasteiger partial charge in [-0.3, -0.25) is 0 Å². The summed E-state index contributed by atoms with van der Waals surface area (Å²) >= 11 is 0.896. The molecule has 2 aromatic rings. The Bertz CT molecular complexity index is 490. The first kappa shape index (κ1) is 9.79. The first-order chi connectivity index (χ1) is 7.16. The van der Waals surface area contributed by atoms with Crippen LogP contribution in [0.1, 0.15) is 15.4 Å². The van der Waals surface area contributed by atoms with E-state index in [4.69, 9.17) is 5.11 Å². The van der Waals surface area contributed by atoms with Crippen LogP contribution in [0, 0.1) is 6.92 Å². The van der Waals surface area contributed by atoms with Crippen LogP contribution in [0.5, 0.6) is 0 Å². The number of carbonyl (C=O) groups is 1. The van der Waals surface area contributed by atoms with Crippen molar-refractivity contribution < 1.29 is 9.90 Å². The van der Waals surface area contributed by atoms with Crippen LogP contribution < -0.4 is 0 Å². The van der Waals surface area contributed by atoms with Gasteiger partial charge < -0.3 is 5.11 Å². The number of hydrogen-bond donors (Lipinski definition) is 1. The van der Waals surface area contributed by atoms with Crippen molar-refractivity contribution >= 4 is 17.5 Å². The molecule has 1 N–H and O–H groups in total. The summed E-state index contributed by atoms with van der Waals surface area (Å²) < 4.78 is 3.99. The molecule has 0 saturated heterocycles. The van der Waals surface area contributed by atoms with E-state index in [2.05, 4.69) is 9.36 Å². The van der Waals surface area contributed by atoms with Crippen molar-refractivity contribution in [2.75, 3.05) is 0 Å². The fourth-order valence-corrected chi connectivity index (χ4v) is 1.65. The van der Waals surface area contributed by atoms with E-state index in [1.54, 1.807) is 0 Å². The van der Waals surface area contributed by atoms with Gasteiger partial charge in [-0.1, -0.05) is 29.8 Å². The lowest BCUT2D eigenvalue weighted by molar-refractivity contribution is 0.0696. The Labute approximate surface area is 90.4 Å². The highest BCUT2D eigenvalue weighted by Crippen LogP contribution is 2.18. The number of rotatable bonds is 2. The highest BCUT2D eigenvalue weighted by atomic mass is 32.1. The number of carboxylic acid groups (broad SMARTS) is 1. The maximum Gasteiger partial charge on any atom is 0.366 e. The number of aromatic carboxylic acids is 1. The number of benzene rings is 1. The van der Waals surface area contributed by atoms with Gasteiger partial charge in [0.2, 0.25) is 5.01 Å². The molecular formula is C10H8N2O2S. The normalized spacial score (nSPS) is 10.2. The van der Waals surface area contributed by atoms with Gasteiger partial charge in [0.05, 0.1) is 0 Å². The second-order valence-corrected chi connectivity index (χ2v) is 3.85. The van der Waals surface area contributed by atoms with E-state index in [1.165, 1.54) is 0 Å². The highest BCUT2D eigenvalue weighted by molar-refractivity contribution is 7.07. The SMILES string of the molecule is Cc1ccc(-c2nsc(C(=O)O)n2)cc1. The van der Waals surface area contributed by atoms with Gasteiger partial charge >= 0.3 is 5.97 Å². The number of aryl methyl sites for hydroxylation is 1. The fraction of sp³-hybridized carbons (Fsp3) is 0.100. The van der Waals surface area contributed by atoms with Crippen molar-refractivity contribution in [3.8, 4) is 11.4 Å². The molecule has 0 aliphatic rings. The number of hydrogen-bond acceptors (Lipinski definition) is 4. The van der Waals surface area contributed by atoms with Crippen LogP contribution in [0.15, 0.2) is 24.3 Å². The average molecular weight is 220 g/mol. The van der Waals surface area contributed by atoms with E-state index in [0.717, 1.165) is 22.7 Å². The van der Waals surface area contributed by atoms with Crippen molar-refractivity contribution in [1.29, 1.82) is 0 Å². The van der Waals surface area contributed by atoms with Gasteiger partial charge in [0.15, 0.2) is 5.82 Å². The Balaban J connectivity index is 2.37. The molecule has 1 heterocycles. The van der Waals surface area contributed by atoms with Gasteiger partial charge in [-0.15, -0.1) is 0 Å². The monoisotopic (exact) mass is 220 g/mol. The first-order valence-corrected chi connectivity index (χ1v) is 5.08. The van der Waals surface area contributed by atoms with Gasteiger partial charge in [-0.25, -0.2) is 9.78 Å². The predicted molar refractivity (Wildman–Crippen MR) is 57.0 cm³/mol. The Morgan fingerprint density at radius 1 is 1.33 bits per heavy atom. The summed E-state index contributed by atoms with van der Waals surface area (Å²) in [4.78, 5) is 14.5. The smallest absolute Gasteiger partial charge is 0.366 e. The average Bonchev–Trinajstić information content (AvgIpc) is 2.68. The largest absolute Gasteiger partial charge is 0.476 e. The van der Waals surface area contributed by atoms with E-state index in [1.807, 2.05) is 31.2 Å². The van der Waals surface area contributed by atoms with Crippen LogP contribution in [0.4, 0.5) is 0 Å². The van der Waals surface area contributed by atoms with Crippen LogP contribution in [0.3, 0.4) is 0 Å². The molecule has 1 aromatic heterocycles. The maximum atomic E-state index is 10.6. The van der Waals surface area contributed by atoms with E-state index in [9.17, 15) is 4.79 Å². The van der Waals surface area contributed by atoms with Crippen molar-refractivity contribution in [3.63, 3.8) is 0 Å². The number of aromatic nitrogens is 2. The van der Waals surface area contributed by atoms with E-state index >= 15 is 0 Å². The van der Waals surface area contributed by atoms with Crippen LogP contribution in [-0.2, 0) is 0 Å². The van der Waals surface area contributed by atoms with Gasteiger partial charge in [-0.05, 0) is 18.5 Å². The molecule has 0 amide bonds. The second kappa shape index (κ2) is 3.78. The molecule has 0 spiro atoms. The summed E-state index contributed by atoms with van der Waals surface area (Å²) in [6.07, 6.45) is 0. The minimum absolute atomic E-state index is 0.0191. The summed E-state index contributed by atoms with van der Waals surface area (Å²) in [5, 5.41) is 8.72. The molecule has 0 bridgehead atoms. The number of carboxylic acids is 1. The third-order valence-corrected chi connectivity index (χ3v) is 2.62. The molecule has 0 radical (unpaired) electrons. The van der Waals surface area contributed by atoms with Crippen molar-refractivity contribution in [2.24, 2.45) is 0 Å². The first-order valence-electron chi connectivity index (χ1n) is 4.31. The summed E-state index contributed by atoms with van der Waals surface area (Å²) in [6, 6.07) is 7.64. The third-order valence-electron chi connectivity index (χ3n) is 1.92. The van der Waals surface area contributed by atoms with Gasteiger partial charge in [0.1, 0.15) is 0 Å². The maximum absolute atomic E-state index is 10.6. The van der Waals surface area contributed by atoms with E-state index in [-0.39, 0.29) is 5.01 Å². The molecule has 5 heteroatoms. The molecule has 4 nitrogen and oxygen atoms in total. The van der Waals surface area contributed by atoms with Gasteiger partial charge in [0.25, 0.3) is 0 Å². The van der Waals surface area contributed by atoms with Crippen LogP contribution in [0.2, 0.25) is 0 Å². The van der Waals surface area contributed by atoms with Crippen molar-refractivity contribution in [2.45, 2.75) is 6.92 Å². The summed E-state index contributed by atoms with van der Waals surface area (Å²) in [5.74, 6) is -0.566. The second-order valence-electron chi connectivity index (χ2n) is 3.09. The predicted octanol–water partition coefficient (Wildman–Crippen LogP) is 2.21. The molecule has 0 aliphatic carbocycles. The minimum Gasteiger partial charge on any atom is -0.476 e. The quantitative estimate of drug-likeness (QED) is 0.842. The lowest BCUT2D eigenvalue weighted by atomic mass is 10.1. The fourth-order valence-electron chi connectivity index (χ4n) is 1.13. The molecule has 76 valence electrons. The lowest BCUT2D eigenvalue weighted by Gasteiger charge is -1.95. The van der Waals surface area contributed by atoms with Crippen LogP contribution in [0.25, 0.3) is 11.4 Å². The molecular weight excluding hydrogens is 212 g/mol. The Morgan fingerprint density at radius 3 is 2.53 bits per heavy atom. The number of nitrogens with zero attached hydrogens (tertiary/aromatic N) is 2. The standard InChI is InChI=1S/C10H8N2O2S/c1-6-2-4-7(5-3-6)8-11-9(10(13)14)15-12-8/h2-5H,1H3,(H,13,14). The van der Waals surface area contributed by atoms with Crippen LogP contribution >= 0.6 is 11.5 Å². The summed E-state index contributed by atoms with van der Waals surface area (Å²) in [7, 11) is 0. The zero-order valence-electron chi connectivity index (χ0n) is 7.97. The third kappa shape index (κ3) is 2.02.